The molecule has 1 rings (SSSR count). The molecular formula is C11H14N2O2S. The summed E-state index contributed by atoms with van der Waals surface area (Å²) < 4.78 is 25.6. The normalized spacial score (nSPS) is 12.9. The van der Waals surface area contributed by atoms with Crippen LogP contribution in [0.25, 0.3) is 0 Å². The van der Waals surface area contributed by atoms with Crippen LogP contribution in [0.2, 0.25) is 0 Å². The third kappa shape index (κ3) is 2.74. The van der Waals surface area contributed by atoms with Crippen LogP contribution in [0.1, 0.15) is 18.1 Å². The molecule has 1 N–H and O–H groups in total. The minimum atomic E-state index is -3.60. The van der Waals surface area contributed by atoms with Crippen LogP contribution >= 0.6 is 0 Å². The third-order valence-electron chi connectivity index (χ3n) is 2.41. The molecule has 5 heteroatoms. The van der Waals surface area contributed by atoms with Crippen molar-refractivity contribution in [1.82, 2.24) is 0 Å². The lowest BCUT2D eigenvalue weighted by Gasteiger charge is -2.10. The van der Waals surface area contributed by atoms with Crippen LogP contribution in [0.4, 0.5) is 5.69 Å². The Bertz CT molecular complexity index is 529. The predicted molar refractivity (Wildman–Crippen MR) is 63.5 cm³/mol. The van der Waals surface area contributed by atoms with E-state index in [1.807, 2.05) is 19.9 Å². The maximum absolute atomic E-state index is 11.6. The van der Waals surface area contributed by atoms with Gasteiger partial charge in [0.15, 0.2) is 5.25 Å². The minimum absolute atomic E-state index is 0.491. The molecule has 4 nitrogen and oxygen atoms in total. The van der Waals surface area contributed by atoms with Crippen molar-refractivity contribution in [3.05, 3.63) is 29.3 Å². The average molecular weight is 238 g/mol. The van der Waals surface area contributed by atoms with Crippen molar-refractivity contribution in [2.45, 2.75) is 26.0 Å². The van der Waals surface area contributed by atoms with E-state index in [0.717, 1.165) is 11.1 Å². The molecule has 0 bridgehead atoms. The Morgan fingerprint density at radius 1 is 1.31 bits per heavy atom. The van der Waals surface area contributed by atoms with Crippen molar-refractivity contribution >= 4 is 15.7 Å². The van der Waals surface area contributed by atoms with Gasteiger partial charge in [0.2, 0.25) is 10.0 Å². The maximum atomic E-state index is 11.6. The van der Waals surface area contributed by atoms with Crippen molar-refractivity contribution in [2.24, 2.45) is 0 Å². The molecule has 0 fully saturated rings. The number of hydrogen-bond acceptors (Lipinski definition) is 3. The smallest absolute Gasteiger partial charge is 0.248 e. The highest BCUT2D eigenvalue weighted by Crippen LogP contribution is 2.16. The molecule has 1 aromatic rings. The van der Waals surface area contributed by atoms with Gasteiger partial charge >= 0.3 is 0 Å². The second kappa shape index (κ2) is 4.54. The predicted octanol–water partition coefficient (Wildman–Crippen LogP) is 1.96. The van der Waals surface area contributed by atoms with Gasteiger partial charge in [0, 0.05) is 5.69 Å². The van der Waals surface area contributed by atoms with Gasteiger partial charge in [-0.05, 0) is 44.0 Å². The van der Waals surface area contributed by atoms with E-state index in [1.54, 1.807) is 18.2 Å². The Morgan fingerprint density at radius 3 is 2.44 bits per heavy atom. The van der Waals surface area contributed by atoms with Crippen molar-refractivity contribution in [3.8, 4) is 6.07 Å². The Balaban J connectivity index is 2.98. The summed E-state index contributed by atoms with van der Waals surface area (Å²) in [5.41, 5.74) is 2.59. The maximum Gasteiger partial charge on any atom is 0.248 e. The summed E-state index contributed by atoms with van der Waals surface area (Å²) >= 11 is 0. The molecule has 0 radical (unpaired) electrons. The molecule has 1 aromatic carbocycles. The summed E-state index contributed by atoms with van der Waals surface area (Å²) in [6, 6.07) is 6.97. The van der Waals surface area contributed by atoms with E-state index in [1.165, 1.54) is 6.92 Å². The first-order valence-electron chi connectivity index (χ1n) is 4.85. The van der Waals surface area contributed by atoms with E-state index in [4.69, 9.17) is 5.26 Å². The Morgan fingerprint density at radius 2 is 1.94 bits per heavy atom. The Labute approximate surface area is 96.0 Å². The van der Waals surface area contributed by atoms with Gasteiger partial charge in [-0.25, -0.2) is 8.42 Å². The van der Waals surface area contributed by atoms with Gasteiger partial charge in [0.25, 0.3) is 0 Å². The van der Waals surface area contributed by atoms with Gasteiger partial charge in [-0.3, -0.25) is 4.72 Å². The molecule has 0 amide bonds. The van der Waals surface area contributed by atoms with E-state index >= 15 is 0 Å². The molecule has 0 aromatic heterocycles. The first-order valence-corrected chi connectivity index (χ1v) is 6.40. The minimum Gasteiger partial charge on any atom is -0.282 e. The number of sulfonamides is 1. The molecule has 0 heterocycles. The highest BCUT2D eigenvalue weighted by Gasteiger charge is 2.19. The highest BCUT2D eigenvalue weighted by molar-refractivity contribution is 7.93. The Hall–Kier alpha value is -1.54. The van der Waals surface area contributed by atoms with E-state index in [2.05, 4.69) is 4.72 Å². The first-order chi connectivity index (χ1) is 7.36. The quantitative estimate of drug-likeness (QED) is 0.875. The van der Waals surface area contributed by atoms with Crippen LogP contribution in [-0.2, 0) is 10.0 Å². The molecule has 16 heavy (non-hydrogen) atoms. The SMILES string of the molecule is Cc1ccc(NS(=O)(=O)C(C)C#N)cc1C. The molecule has 1 unspecified atom stereocenters. The molecule has 1 atom stereocenters. The standard InChI is InChI=1S/C11H14N2O2S/c1-8-4-5-11(6-9(8)2)13-16(14,15)10(3)7-12/h4-6,10,13H,1-3H3. The topological polar surface area (TPSA) is 70.0 Å². The number of rotatable bonds is 3. The van der Waals surface area contributed by atoms with Gasteiger partial charge in [0.1, 0.15) is 0 Å². The molecule has 0 aliphatic heterocycles. The number of benzene rings is 1. The third-order valence-corrected chi connectivity index (χ3v) is 3.97. The number of nitriles is 1. The lowest BCUT2D eigenvalue weighted by Crippen LogP contribution is -2.23. The lowest BCUT2D eigenvalue weighted by atomic mass is 10.1. The van der Waals surface area contributed by atoms with Crippen molar-refractivity contribution in [3.63, 3.8) is 0 Å². The fraction of sp³-hybridized carbons (Fsp3) is 0.364. The second-order valence-corrected chi connectivity index (χ2v) is 5.72. The second-order valence-electron chi connectivity index (χ2n) is 3.72. The van der Waals surface area contributed by atoms with Crippen LogP contribution in [0.3, 0.4) is 0 Å². The van der Waals surface area contributed by atoms with Crippen molar-refractivity contribution in [1.29, 1.82) is 5.26 Å². The van der Waals surface area contributed by atoms with E-state index < -0.39 is 15.3 Å². The van der Waals surface area contributed by atoms with Gasteiger partial charge < -0.3 is 0 Å². The summed E-state index contributed by atoms with van der Waals surface area (Å²) in [6.45, 7) is 5.20. The van der Waals surface area contributed by atoms with Crippen LogP contribution in [0.5, 0.6) is 0 Å². The van der Waals surface area contributed by atoms with Crippen LogP contribution in [0.15, 0.2) is 18.2 Å². The average Bonchev–Trinajstić information content (AvgIpc) is 2.22. The number of nitrogens with zero attached hydrogens (tertiary/aromatic N) is 1. The lowest BCUT2D eigenvalue weighted by molar-refractivity contribution is 0.597. The van der Waals surface area contributed by atoms with Crippen molar-refractivity contribution in [2.75, 3.05) is 4.72 Å². The van der Waals surface area contributed by atoms with Crippen LogP contribution in [-0.4, -0.2) is 13.7 Å². The van der Waals surface area contributed by atoms with E-state index in [-0.39, 0.29) is 0 Å². The number of nitrogens with one attached hydrogen (secondary N) is 1. The summed E-state index contributed by atoms with van der Waals surface area (Å²) in [6.07, 6.45) is 0. The number of anilines is 1. The largest absolute Gasteiger partial charge is 0.282 e. The highest BCUT2D eigenvalue weighted by atomic mass is 32.2. The Kier molecular flexibility index (Phi) is 3.55. The molecule has 0 aliphatic rings. The molecular weight excluding hydrogens is 224 g/mol. The monoisotopic (exact) mass is 238 g/mol. The van der Waals surface area contributed by atoms with E-state index in [0.29, 0.717) is 5.69 Å². The van der Waals surface area contributed by atoms with Gasteiger partial charge in [-0.2, -0.15) is 5.26 Å². The number of hydrogen-bond donors (Lipinski definition) is 1. The fourth-order valence-corrected chi connectivity index (χ4v) is 1.90. The van der Waals surface area contributed by atoms with Gasteiger partial charge in [-0.15, -0.1) is 0 Å². The van der Waals surface area contributed by atoms with Crippen LogP contribution < -0.4 is 4.72 Å². The first kappa shape index (κ1) is 12.5. The fourth-order valence-electron chi connectivity index (χ4n) is 1.13. The summed E-state index contributed by atoms with van der Waals surface area (Å²) in [4.78, 5) is 0. The zero-order valence-corrected chi connectivity index (χ0v) is 10.3. The summed E-state index contributed by atoms with van der Waals surface area (Å²) in [7, 11) is -3.60. The molecule has 0 saturated carbocycles. The number of aryl methyl sites for hydroxylation is 2. The molecule has 0 spiro atoms. The van der Waals surface area contributed by atoms with Crippen molar-refractivity contribution < 1.29 is 8.42 Å². The molecule has 0 aliphatic carbocycles. The van der Waals surface area contributed by atoms with Crippen LogP contribution in [0, 0.1) is 25.2 Å². The molecule has 86 valence electrons. The molecule has 0 saturated heterocycles. The van der Waals surface area contributed by atoms with Gasteiger partial charge in [0.05, 0.1) is 6.07 Å². The summed E-state index contributed by atoms with van der Waals surface area (Å²) in [5, 5.41) is 7.52. The summed E-state index contributed by atoms with van der Waals surface area (Å²) in [5.74, 6) is 0. The zero-order chi connectivity index (χ0) is 12.3. The van der Waals surface area contributed by atoms with Gasteiger partial charge in [-0.1, -0.05) is 6.07 Å². The zero-order valence-electron chi connectivity index (χ0n) is 9.48. The van der Waals surface area contributed by atoms with E-state index in [9.17, 15) is 8.42 Å².